The highest BCUT2D eigenvalue weighted by Gasteiger charge is 2.11. The van der Waals surface area contributed by atoms with Gasteiger partial charge in [0.25, 0.3) is 0 Å². The van der Waals surface area contributed by atoms with Gasteiger partial charge in [0.2, 0.25) is 5.88 Å². The number of benzene rings is 1. The summed E-state index contributed by atoms with van der Waals surface area (Å²) in [5.41, 5.74) is 0.153. The highest BCUT2D eigenvalue weighted by molar-refractivity contribution is 14.1. The zero-order valence-corrected chi connectivity index (χ0v) is 13.7. The van der Waals surface area contributed by atoms with E-state index >= 15 is 0 Å². The van der Waals surface area contributed by atoms with Crippen molar-refractivity contribution in [2.45, 2.75) is 0 Å². The van der Waals surface area contributed by atoms with E-state index in [-0.39, 0.29) is 5.56 Å². The number of aromatic nitrogens is 1. The molecule has 0 aliphatic rings. The van der Waals surface area contributed by atoms with E-state index in [1.807, 2.05) is 0 Å². The number of carbonyl (C=O) groups is 1. The Bertz CT molecular complexity index is 651. The molecule has 0 atom stereocenters. The van der Waals surface area contributed by atoms with Crippen molar-refractivity contribution in [2.75, 3.05) is 0 Å². The molecule has 1 N–H and O–H groups in total. The van der Waals surface area contributed by atoms with E-state index in [0.29, 0.717) is 21.1 Å². The predicted octanol–water partition coefficient (Wildman–Crippen LogP) is 4.59. The van der Waals surface area contributed by atoms with Gasteiger partial charge in [0.15, 0.2) is 0 Å². The molecule has 7 heteroatoms. The van der Waals surface area contributed by atoms with E-state index in [0.717, 1.165) is 3.57 Å². The van der Waals surface area contributed by atoms with Crippen LogP contribution in [0.15, 0.2) is 34.9 Å². The molecule has 0 saturated heterocycles. The van der Waals surface area contributed by atoms with Gasteiger partial charge < -0.3 is 9.84 Å². The second-order valence-electron chi connectivity index (χ2n) is 3.49. The summed E-state index contributed by atoms with van der Waals surface area (Å²) in [4.78, 5) is 15.0. The molecule has 0 aliphatic heterocycles. The highest BCUT2D eigenvalue weighted by Crippen LogP contribution is 2.32. The number of carboxylic acids is 1. The number of aromatic carboxylic acids is 1. The number of pyridine rings is 1. The van der Waals surface area contributed by atoms with Crippen LogP contribution in [0, 0.1) is 3.57 Å². The lowest BCUT2D eigenvalue weighted by Gasteiger charge is -2.09. The smallest absolute Gasteiger partial charge is 0.335 e. The molecule has 0 bridgehead atoms. The summed E-state index contributed by atoms with van der Waals surface area (Å²) in [5, 5.41) is 9.44. The average molecular weight is 454 g/mol. The van der Waals surface area contributed by atoms with Crippen LogP contribution in [-0.4, -0.2) is 16.1 Å². The Kier molecular flexibility index (Phi) is 4.64. The first-order valence-electron chi connectivity index (χ1n) is 4.99. The third-order valence-corrected chi connectivity index (χ3v) is 3.82. The minimum absolute atomic E-state index is 0.153. The highest BCUT2D eigenvalue weighted by atomic mass is 127. The van der Waals surface area contributed by atoms with Crippen LogP contribution >= 0.6 is 50.1 Å². The molecule has 19 heavy (non-hydrogen) atoms. The molecule has 0 radical (unpaired) electrons. The molecule has 0 saturated carbocycles. The second kappa shape index (κ2) is 6.06. The average Bonchev–Trinajstić information content (AvgIpc) is 2.34. The Balaban J connectivity index is 2.37. The van der Waals surface area contributed by atoms with Crippen molar-refractivity contribution >= 4 is 56.1 Å². The lowest BCUT2D eigenvalue weighted by atomic mass is 10.2. The number of hydrogen-bond donors (Lipinski definition) is 1. The number of rotatable bonds is 3. The summed E-state index contributed by atoms with van der Waals surface area (Å²) >= 11 is 11.1. The standard InChI is InChI=1S/C12H6BrClINO3/c13-8-4-7(14)5-16-11(8)19-10-3-6(12(17)18)1-2-9(10)15/h1-5H,(H,17,18). The van der Waals surface area contributed by atoms with Crippen molar-refractivity contribution in [2.24, 2.45) is 0 Å². The zero-order chi connectivity index (χ0) is 14.0. The summed E-state index contributed by atoms with van der Waals surface area (Å²) in [7, 11) is 0. The van der Waals surface area contributed by atoms with E-state index < -0.39 is 5.97 Å². The first kappa shape index (κ1) is 14.5. The Morgan fingerprint density at radius 3 is 2.79 bits per heavy atom. The van der Waals surface area contributed by atoms with Gasteiger partial charge >= 0.3 is 5.97 Å². The Morgan fingerprint density at radius 1 is 1.42 bits per heavy atom. The second-order valence-corrected chi connectivity index (χ2v) is 5.95. The maximum absolute atomic E-state index is 10.9. The monoisotopic (exact) mass is 453 g/mol. The molecule has 2 aromatic rings. The van der Waals surface area contributed by atoms with Gasteiger partial charge in [-0.1, -0.05) is 11.6 Å². The van der Waals surface area contributed by atoms with Crippen LogP contribution in [0.2, 0.25) is 5.02 Å². The minimum atomic E-state index is -1.01. The van der Waals surface area contributed by atoms with Crippen molar-refractivity contribution in [3.63, 3.8) is 0 Å². The van der Waals surface area contributed by atoms with Crippen LogP contribution in [0.25, 0.3) is 0 Å². The van der Waals surface area contributed by atoms with Crippen LogP contribution in [0.4, 0.5) is 0 Å². The van der Waals surface area contributed by atoms with E-state index in [1.165, 1.54) is 18.3 Å². The molecule has 1 aromatic carbocycles. The first-order valence-corrected chi connectivity index (χ1v) is 7.24. The van der Waals surface area contributed by atoms with E-state index in [9.17, 15) is 4.79 Å². The summed E-state index contributed by atoms with van der Waals surface area (Å²) in [6.07, 6.45) is 1.45. The fraction of sp³-hybridized carbons (Fsp3) is 0. The van der Waals surface area contributed by atoms with Crippen molar-refractivity contribution in [3.8, 4) is 11.6 Å². The van der Waals surface area contributed by atoms with Crippen LogP contribution in [-0.2, 0) is 0 Å². The molecule has 0 fully saturated rings. The molecule has 0 unspecified atom stereocenters. The van der Waals surface area contributed by atoms with Gasteiger partial charge in [0, 0.05) is 6.20 Å². The topological polar surface area (TPSA) is 59.4 Å². The Labute approximate surface area is 136 Å². The van der Waals surface area contributed by atoms with E-state index in [1.54, 1.807) is 12.1 Å². The number of ether oxygens (including phenoxy) is 1. The first-order chi connectivity index (χ1) is 8.97. The van der Waals surface area contributed by atoms with Gasteiger partial charge in [-0.15, -0.1) is 0 Å². The molecule has 0 aliphatic carbocycles. The Morgan fingerprint density at radius 2 is 2.16 bits per heavy atom. The fourth-order valence-corrected chi connectivity index (χ4v) is 2.46. The van der Waals surface area contributed by atoms with Crippen LogP contribution in [0.3, 0.4) is 0 Å². The number of carboxylic acid groups (broad SMARTS) is 1. The summed E-state index contributed by atoms with van der Waals surface area (Å²) < 4.78 is 6.98. The largest absolute Gasteiger partial charge is 0.478 e. The van der Waals surface area contributed by atoms with Crippen LogP contribution < -0.4 is 4.74 Å². The molecular weight excluding hydrogens is 448 g/mol. The normalized spacial score (nSPS) is 10.3. The van der Waals surface area contributed by atoms with Gasteiger partial charge in [0.1, 0.15) is 5.75 Å². The quantitative estimate of drug-likeness (QED) is 0.690. The van der Waals surface area contributed by atoms with Gasteiger partial charge in [-0.3, -0.25) is 0 Å². The maximum Gasteiger partial charge on any atom is 0.335 e. The molecule has 4 nitrogen and oxygen atoms in total. The molecule has 2 rings (SSSR count). The van der Waals surface area contributed by atoms with Gasteiger partial charge in [-0.25, -0.2) is 9.78 Å². The minimum Gasteiger partial charge on any atom is -0.478 e. The summed E-state index contributed by atoms with van der Waals surface area (Å²) in [6, 6.07) is 6.29. The SMILES string of the molecule is O=C(O)c1ccc(I)c(Oc2ncc(Cl)cc2Br)c1. The third kappa shape index (κ3) is 3.58. The molecule has 0 amide bonds. The number of hydrogen-bond acceptors (Lipinski definition) is 3. The van der Waals surface area contributed by atoms with E-state index in [2.05, 4.69) is 43.5 Å². The van der Waals surface area contributed by atoms with Crippen molar-refractivity contribution < 1.29 is 14.6 Å². The third-order valence-electron chi connectivity index (χ3n) is 2.16. The predicted molar refractivity (Wildman–Crippen MR) is 83.1 cm³/mol. The van der Waals surface area contributed by atoms with Gasteiger partial charge in [0.05, 0.1) is 18.6 Å². The molecule has 98 valence electrons. The summed E-state index contributed by atoms with van der Waals surface area (Å²) in [5.74, 6) is -0.259. The molecular formula is C12H6BrClINO3. The van der Waals surface area contributed by atoms with Crippen molar-refractivity contribution in [3.05, 3.63) is 49.1 Å². The number of nitrogens with zero attached hydrogens (tertiary/aromatic N) is 1. The number of halogens is 3. The van der Waals surface area contributed by atoms with Crippen LogP contribution in [0.1, 0.15) is 10.4 Å². The lowest BCUT2D eigenvalue weighted by molar-refractivity contribution is 0.0696. The summed E-state index contributed by atoms with van der Waals surface area (Å²) in [6.45, 7) is 0. The van der Waals surface area contributed by atoms with Gasteiger partial charge in [-0.2, -0.15) is 0 Å². The molecule has 1 aromatic heterocycles. The fourth-order valence-electron chi connectivity index (χ4n) is 1.30. The Hall–Kier alpha value is -0.860. The van der Waals surface area contributed by atoms with Crippen molar-refractivity contribution in [1.82, 2.24) is 4.98 Å². The zero-order valence-electron chi connectivity index (χ0n) is 9.23. The van der Waals surface area contributed by atoms with Crippen LogP contribution in [0.5, 0.6) is 11.6 Å². The van der Waals surface area contributed by atoms with Crippen molar-refractivity contribution in [1.29, 1.82) is 0 Å². The lowest BCUT2D eigenvalue weighted by Crippen LogP contribution is -1.98. The molecule has 1 heterocycles. The van der Waals surface area contributed by atoms with Gasteiger partial charge in [-0.05, 0) is 62.8 Å². The maximum atomic E-state index is 10.9. The van der Waals surface area contributed by atoms with E-state index in [4.69, 9.17) is 21.4 Å². The molecule has 0 spiro atoms.